The molecule has 0 aliphatic heterocycles. The first-order valence-electron chi connectivity index (χ1n) is 7.49. The largest absolute Gasteiger partial charge is 0.298 e. The summed E-state index contributed by atoms with van der Waals surface area (Å²) in [6.45, 7) is 0. The molecule has 0 heterocycles. The van der Waals surface area contributed by atoms with Crippen LogP contribution in [0.25, 0.3) is 0 Å². The van der Waals surface area contributed by atoms with E-state index in [1.54, 1.807) is 23.9 Å². The predicted octanol–water partition coefficient (Wildman–Crippen LogP) is 4.88. The lowest BCUT2D eigenvalue weighted by atomic mass is 10.1. The van der Waals surface area contributed by atoms with E-state index in [2.05, 4.69) is 30.3 Å². The molecule has 22 heavy (non-hydrogen) atoms. The average molecular weight is 309 g/mol. The van der Waals surface area contributed by atoms with Crippen LogP contribution in [-0.2, 0) is 6.42 Å². The van der Waals surface area contributed by atoms with E-state index in [9.17, 15) is 4.79 Å². The van der Waals surface area contributed by atoms with E-state index < -0.39 is 0 Å². The number of aryl methyl sites for hydroxylation is 1. The summed E-state index contributed by atoms with van der Waals surface area (Å²) in [7, 11) is 0. The number of carbonyl (C=O) groups is 1. The fourth-order valence-electron chi connectivity index (χ4n) is 2.27. The van der Waals surface area contributed by atoms with Crippen LogP contribution in [0.2, 0.25) is 0 Å². The molecule has 3 heteroatoms. The van der Waals surface area contributed by atoms with Gasteiger partial charge in [0.25, 0.3) is 0 Å². The van der Waals surface area contributed by atoms with E-state index in [0.717, 1.165) is 29.8 Å². The third-order valence-electron chi connectivity index (χ3n) is 3.47. The van der Waals surface area contributed by atoms with Gasteiger partial charge in [-0.2, -0.15) is 5.26 Å². The Kier molecular flexibility index (Phi) is 6.73. The molecule has 2 aromatic rings. The summed E-state index contributed by atoms with van der Waals surface area (Å²) < 4.78 is 0. The van der Waals surface area contributed by atoms with Crippen LogP contribution in [0.1, 0.15) is 40.7 Å². The molecule has 0 spiro atoms. The van der Waals surface area contributed by atoms with Crippen molar-refractivity contribution in [3.8, 4) is 6.07 Å². The Morgan fingerprint density at radius 1 is 1.05 bits per heavy atom. The van der Waals surface area contributed by atoms with Gasteiger partial charge in [0.15, 0.2) is 0 Å². The quantitative estimate of drug-likeness (QED) is 0.396. The third-order valence-corrected chi connectivity index (χ3v) is 4.63. The maximum Gasteiger partial charge on any atom is 0.150 e. The Morgan fingerprint density at radius 3 is 2.59 bits per heavy atom. The van der Waals surface area contributed by atoms with Crippen LogP contribution in [0.4, 0.5) is 0 Å². The molecule has 0 unspecified atom stereocenters. The molecule has 2 nitrogen and oxygen atoms in total. The van der Waals surface area contributed by atoms with Gasteiger partial charge in [-0.1, -0.05) is 42.8 Å². The summed E-state index contributed by atoms with van der Waals surface area (Å²) in [5, 5.41) is 9.13. The van der Waals surface area contributed by atoms with Gasteiger partial charge in [-0.25, -0.2) is 0 Å². The van der Waals surface area contributed by atoms with Crippen LogP contribution in [-0.4, -0.2) is 12.0 Å². The smallest absolute Gasteiger partial charge is 0.150 e. The zero-order chi connectivity index (χ0) is 15.6. The van der Waals surface area contributed by atoms with E-state index >= 15 is 0 Å². The Bertz CT molecular complexity index is 646. The predicted molar refractivity (Wildman–Crippen MR) is 91.3 cm³/mol. The van der Waals surface area contributed by atoms with Crippen molar-refractivity contribution in [1.29, 1.82) is 5.26 Å². The number of nitrogens with zero attached hydrogens (tertiary/aromatic N) is 1. The molecular formula is C19H19NOS. The molecule has 0 N–H and O–H groups in total. The summed E-state index contributed by atoms with van der Waals surface area (Å²) in [5.74, 6) is 1.00. The van der Waals surface area contributed by atoms with Crippen LogP contribution < -0.4 is 0 Å². The number of aldehydes is 1. The molecule has 2 aromatic carbocycles. The SMILES string of the molecule is N#Cc1cc(C=O)ccc1SCCCCCc1ccccc1. The van der Waals surface area contributed by atoms with E-state index in [-0.39, 0.29) is 0 Å². The first-order valence-corrected chi connectivity index (χ1v) is 8.48. The van der Waals surface area contributed by atoms with Crippen molar-refractivity contribution in [2.24, 2.45) is 0 Å². The number of hydrogen-bond donors (Lipinski definition) is 0. The topological polar surface area (TPSA) is 40.9 Å². The number of rotatable bonds is 8. The van der Waals surface area contributed by atoms with Crippen LogP contribution >= 0.6 is 11.8 Å². The van der Waals surface area contributed by atoms with Gasteiger partial charge in [0, 0.05) is 10.5 Å². The van der Waals surface area contributed by atoms with Gasteiger partial charge in [0.05, 0.1) is 5.56 Å². The normalized spacial score (nSPS) is 10.1. The van der Waals surface area contributed by atoms with Crippen molar-refractivity contribution >= 4 is 18.0 Å². The molecule has 2 rings (SSSR count). The van der Waals surface area contributed by atoms with Gasteiger partial charge >= 0.3 is 0 Å². The van der Waals surface area contributed by atoms with E-state index in [4.69, 9.17) is 5.26 Å². The molecule has 0 saturated heterocycles. The van der Waals surface area contributed by atoms with Gasteiger partial charge in [-0.05, 0) is 42.7 Å². The van der Waals surface area contributed by atoms with Gasteiger partial charge in [-0.3, -0.25) is 4.79 Å². The molecule has 112 valence electrons. The monoisotopic (exact) mass is 309 g/mol. The number of thioether (sulfide) groups is 1. The van der Waals surface area contributed by atoms with E-state index in [1.807, 2.05) is 12.1 Å². The van der Waals surface area contributed by atoms with Crippen molar-refractivity contribution in [2.45, 2.75) is 30.6 Å². The first kappa shape index (κ1) is 16.3. The highest BCUT2D eigenvalue weighted by molar-refractivity contribution is 7.99. The fourth-order valence-corrected chi connectivity index (χ4v) is 3.26. The second kappa shape index (κ2) is 9.07. The van der Waals surface area contributed by atoms with E-state index in [0.29, 0.717) is 11.1 Å². The molecule has 0 bridgehead atoms. The van der Waals surface area contributed by atoms with Crippen molar-refractivity contribution in [2.75, 3.05) is 5.75 Å². The highest BCUT2D eigenvalue weighted by Gasteiger charge is 2.04. The molecule has 0 saturated carbocycles. The fraction of sp³-hybridized carbons (Fsp3) is 0.263. The van der Waals surface area contributed by atoms with Gasteiger partial charge in [0.1, 0.15) is 12.4 Å². The zero-order valence-corrected chi connectivity index (χ0v) is 13.3. The van der Waals surface area contributed by atoms with Gasteiger partial charge in [-0.15, -0.1) is 11.8 Å². The second-order valence-electron chi connectivity index (χ2n) is 5.13. The maximum absolute atomic E-state index is 10.7. The average Bonchev–Trinajstić information content (AvgIpc) is 2.59. The lowest BCUT2D eigenvalue weighted by Crippen LogP contribution is -1.89. The molecule has 0 radical (unpaired) electrons. The lowest BCUT2D eigenvalue weighted by Gasteiger charge is -2.05. The first-order chi connectivity index (χ1) is 10.8. The molecule has 0 amide bonds. The molecule has 0 atom stereocenters. The summed E-state index contributed by atoms with van der Waals surface area (Å²) in [5.41, 5.74) is 2.55. The molecular weight excluding hydrogens is 290 g/mol. The zero-order valence-electron chi connectivity index (χ0n) is 12.5. The minimum atomic E-state index is 0.559. The maximum atomic E-state index is 10.7. The standard InChI is InChI=1S/C19H19NOS/c20-14-18-13-17(15-21)10-11-19(18)22-12-6-2-5-9-16-7-3-1-4-8-16/h1,3-4,7-8,10-11,13,15H,2,5-6,9,12H2. The Hall–Kier alpha value is -2.05. The summed E-state index contributed by atoms with van der Waals surface area (Å²) in [6, 6.07) is 18.0. The van der Waals surface area contributed by atoms with Crippen LogP contribution in [0.3, 0.4) is 0 Å². The molecule has 0 aliphatic carbocycles. The molecule has 0 aromatic heterocycles. The summed E-state index contributed by atoms with van der Waals surface area (Å²) in [6.07, 6.45) is 5.43. The van der Waals surface area contributed by atoms with Gasteiger partial charge in [0.2, 0.25) is 0 Å². The number of nitriles is 1. The molecule has 0 aliphatic rings. The van der Waals surface area contributed by atoms with Crippen molar-refractivity contribution in [3.63, 3.8) is 0 Å². The van der Waals surface area contributed by atoms with Crippen molar-refractivity contribution in [1.82, 2.24) is 0 Å². The third kappa shape index (κ3) is 5.05. The Balaban J connectivity index is 1.71. The van der Waals surface area contributed by atoms with Gasteiger partial charge < -0.3 is 0 Å². The summed E-state index contributed by atoms with van der Waals surface area (Å²) >= 11 is 1.70. The Morgan fingerprint density at radius 2 is 1.86 bits per heavy atom. The summed E-state index contributed by atoms with van der Waals surface area (Å²) in [4.78, 5) is 11.7. The second-order valence-corrected chi connectivity index (χ2v) is 6.27. The highest BCUT2D eigenvalue weighted by Crippen LogP contribution is 2.24. The van der Waals surface area contributed by atoms with Crippen molar-refractivity contribution in [3.05, 3.63) is 65.2 Å². The highest BCUT2D eigenvalue weighted by atomic mass is 32.2. The van der Waals surface area contributed by atoms with Crippen LogP contribution in [0.5, 0.6) is 0 Å². The lowest BCUT2D eigenvalue weighted by molar-refractivity contribution is 0.112. The number of unbranched alkanes of at least 4 members (excludes halogenated alkanes) is 2. The minimum Gasteiger partial charge on any atom is -0.298 e. The molecule has 0 fully saturated rings. The van der Waals surface area contributed by atoms with Crippen LogP contribution in [0, 0.1) is 11.3 Å². The number of hydrogen-bond acceptors (Lipinski definition) is 3. The van der Waals surface area contributed by atoms with Crippen molar-refractivity contribution < 1.29 is 4.79 Å². The number of benzene rings is 2. The Labute approximate surface area is 136 Å². The van der Waals surface area contributed by atoms with E-state index in [1.165, 1.54) is 18.4 Å². The minimum absolute atomic E-state index is 0.559. The number of carbonyl (C=O) groups excluding carboxylic acids is 1. The van der Waals surface area contributed by atoms with Crippen LogP contribution in [0.15, 0.2) is 53.4 Å².